The molecule has 0 saturated carbocycles. The van der Waals surface area contributed by atoms with Gasteiger partial charge < -0.3 is 14.8 Å². The third-order valence-electron chi connectivity index (χ3n) is 5.82. The second-order valence-electron chi connectivity index (χ2n) is 8.38. The molecule has 0 unspecified atom stereocenters. The molecule has 3 aromatic rings. The minimum atomic E-state index is -4.21. The SMILES string of the molecule is COc1ccc(NC(=O)CN(c2cccc(Cl)c2)S(=O)(=O)c2ccc(Cl)cc2)cc1S(=O)(=O)N1CCOCC1. The van der Waals surface area contributed by atoms with Gasteiger partial charge >= 0.3 is 0 Å². The Balaban J connectivity index is 1.64. The van der Waals surface area contributed by atoms with Gasteiger partial charge in [-0.1, -0.05) is 29.3 Å². The highest BCUT2D eigenvalue weighted by Gasteiger charge is 2.31. The largest absolute Gasteiger partial charge is 0.495 e. The van der Waals surface area contributed by atoms with Gasteiger partial charge in [0.15, 0.2) is 0 Å². The number of sulfonamides is 2. The Morgan fingerprint density at radius 3 is 2.31 bits per heavy atom. The van der Waals surface area contributed by atoms with Crippen molar-refractivity contribution in [1.82, 2.24) is 4.31 Å². The monoisotopic (exact) mass is 613 g/mol. The zero-order valence-electron chi connectivity index (χ0n) is 20.7. The Morgan fingerprint density at radius 1 is 0.974 bits per heavy atom. The number of nitrogens with zero attached hydrogens (tertiary/aromatic N) is 2. The van der Waals surface area contributed by atoms with Gasteiger partial charge in [-0.15, -0.1) is 0 Å². The smallest absolute Gasteiger partial charge is 0.264 e. The lowest BCUT2D eigenvalue weighted by molar-refractivity contribution is -0.114. The molecule has 1 amide bonds. The first-order chi connectivity index (χ1) is 18.5. The Hall–Kier alpha value is -2.87. The van der Waals surface area contributed by atoms with Crippen molar-refractivity contribution in [3.05, 3.63) is 76.8 Å². The van der Waals surface area contributed by atoms with Gasteiger partial charge in [0.1, 0.15) is 17.2 Å². The number of morpholine rings is 1. The first-order valence-corrected chi connectivity index (χ1v) is 15.3. The average Bonchev–Trinajstić information content (AvgIpc) is 2.92. The van der Waals surface area contributed by atoms with Gasteiger partial charge in [0.05, 0.1) is 30.9 Å². The Bertz CT molecular complexity index is 1560. The maximum Gasteiger partial charge on any atom is 0.264 e. The minimum absolute atomic E-state index is 0.0805. The van der Waals surface area contributed by atoms with Gasteiger partial charge in [0, 0.05) is 28.8 Å². The number of carbonyl (C=O) groups excluding carboxylic acids is 1. The Labute approximate surface area is 237 Å². The van der Waals surface area contributed by atoms with Crippen LogP contribution in [0.25, 0.3) is 0 Å². The van der Waals surface area contributed by atoms with E-state index in [1.54, 1.807) is 12.1 Å². The maximum absolute atomic E-state index is 13.5. The third kappa shape index (κ3) is 6.65. The number of halogens is 2. The summed E-state index contributed by atoms with van der Waals surface area (Å²) >= 11 is 12.0. The summed E-state index contributed by atoms with van der Waals surface area (Å²) in [7, 11) is -6.82. The van der Waals surface area contributed by atoms with Crippen LogP contribution in [0.2, 0.25) is 10.0 Å². The fourth-order valence-electron chi connectivity index (χ4n) is 3.89. The number of ether oxygens (including phenoxy) is 2. The van der Waals surface area contributed by atoms with Crippen molar-refractivity contribution in [3.63, 3.8) is 0 Å². The maximum atomic E-state index is 13.5. The molecule has 4 rings (SSSR count). The van der Waals surface area contributed by atoms with Gasteiger partial charge in [-0.3, -0.25) is 9.10 Å². The highest BCUT2D eigenvalue weighted by Crippen LogP contribution is 2.31. The second kappa shape index (κ2) is 12.1. The topological polar surface area (TPSA) is 122 Å². The Kier molecular flexibility index (Phi) is 9.04. The van der Waals surface area contributed by atoms with E-state index >= 15 is 0 Å². The summed E-state index contributed by atoms with van der Waals surface area (Å²) in [4.78, 5) is 12.9. The molecule has 39 heavy (non-hydrogen) atoms. The molecule has 0 bridgehead atoms. The van der Waals surface area contributed by atoms with Gasteiger partial charge in [0.25, 0.3) is 10.0 Å². The molecule has 0 aliphatic carbocycles. The lowest BCUT2D eigenvalue weighted by Gasteiger charge is -2.27. The summed E-state index contributed by atoms with van der Waals surface area (Å²) in [6.45, 7) is 0.264. The summed E-state index contributed by atoms with van der Waals surface area (Å²) in [5.41, 5.74) is 0.306. The zero-order chi connectivity index (χ0) is 28.2. The lowest BCUT2D eigenvalue weighted by atomic mass is 10.3. The fraction of sp³-hybridized carbons (Fsp3) is 0.240. The van der Waals surface area contributed by atoms with E-state index in [9.17, 15) is 21.6 Å². The van der Waals surface area contributed by atoms with Crippen LogP contribution in [0.1, 0.15) is 0 Å². The molecule has 0 aromatic heterocycles. The van der Waals surface area contributed by atoms with E-state index in [4.69, 9.17) is 32.7 Å². The van der Waals surface area contributed by atoms with Crippen molar-refractivity contribution in [2.45, 2.75) is 9.79 Å². The van der Waals surface area contributed by atoms with Crippen molar-refractivity contribution >= 4 is 60.5 Å². The van der Waals surface area contributed by atoms with Crippen LogP contribution in [0.4, 0.5) is 11.4 Å². The molecule has 1 heterocycles. The molecule has 0 radical (unpaired) electrons. The predicted molar refractivity (Wildman–Crippen MR) is 149 cm³/mol. The molecular weight excluding hydrogens is 589 g/mol. The number of methoxy groups -OCH3 is 1. The predicted octanol–water partition coefficient (Wildman–Crippen LogP) is 3.86. The molecule has 1 N–H and O–H groups in total. The summed E-state index contributed by atoms with van der Waals surface area (Å²) in [5, 5.41) is 3.22. The van der Waals surface area contributed by atoms with Gasteiger partial charge in [-0.05, 0) is 60.7 Å². The quantitative estimate of drug-likeness (QED) is 0.389. The summed E-state index contributed by atoms with van der Waals surface area (Å²) in [6.07, 6.45) is 0. The highest BCUT2D eigenvalue weighted by atomic mass is 35.5. The molecule has 1 aliphatic heterocycles. The fourth-order valence-corrected chi connectivity index (χ4v) is 7.21. The number of hydrogen-bond acceptors (Lipinski definition) is 7. The van der Waals surface area contributed by atoms with Gasteiger partial charge in [0.2, 0.25) is 15.9 Å². The van der Waals surface area contributed by atoms with E-state index in [1.165, 1.54) is 66.0 Å². The number of rotatable bonds is 9. The normalized spacial score (nSPS) is 14.5. The number of anilines is 2. The van der Waals surface area contributed by atoms with Crippen LogP contribution in [0, 0.1) is 0 Å². The highest BCUT2D eigenvalue weighted by molar-refractivity contribution is 7.92. The van der Waals surface area contributed by atoms with Crippen LogP contribution in [-0.2, 0) is 29.6 Å². The standard InChI is InChI=1S/C25H25Cl2N3O7S2/c1-36-23-10-7-20(16-24(23)39(34,35)29-11-13-37-14-12-29)28-25(31)17-30(21-4-2-3-19(27)15-21)38(32,33)22-8-5-18(26)6-9-22/h2-10,15-16H,11-14,17H2,1H3,(H,28,31). The second-order valence-corrected chi connectivity index (χ2v) is 13.0. The van der Waals surface area contributed by atoms with E-state index in [-0.39, 0.29) is 58.2 Å². The van der Waals surface area contributed by atoms with Crippen molar-refractivity contribution in [1.29, 1.82) is 0 Å². The van der Waals surface area contributed by atoms with Crippen LogP contribution in [0.15, 0.2) is 76.5 Å². The molecule has 1 aliphatic rings. The molecule has 0 atom stereocenters. The molecule has 10 nitrogen and oxygen atoms in total. The zero-order valence-corrected chi connectivity index (χ0v) is 23.9. The third-order valence-corrected chi connectivity index (χ3v) is 10.0. The van der Waals surface area contributed by atoms with E-state index < -0.39 is 32.5 Å². The first kappa shape index (κ1) is 29.1. The molecule has 14 heteroatoms. The van der Waals surface area contributed by atoms with Crippen LogP contribution in [0.3, 0.4) is 0 Å². The number of carbonyl (C=O) groups is 1. The molecule has 1 fully saturated rings. The van der Waals surface area contributed by atoms with Crippen molar-refractivity contribution in [2.75, 3.05) is 49.6 Å². The van der Waals surface area contributed by atoms with Crippen LogP contribution in [-0.4, -0.2) is 67.0 Å². The van der Waals surface area contributed by atoms with E-state index in [2.05, 4.69) is 5.32 Å². The van der Waals surface area contributed by atoms with E-state index in [1.807, 2.05) is 0 Å². The van der Waals surface area contributed by atoms with Crippen LogP contribution < -0.4 is 14.4 Å². The number of amides is 1. The lowest BCUT2D eigenvalue weighted by Crippen LogP contribution is -2.40. The summed E-state index contributed by atoms with van der Waals surface area (Å²) in [6, 6.07) is 15.7. The first-order valence-electron chi connectivity index (χ1n) is 11.6. The molecule has 3 aromatic carbocycles. The molecule has 1 saturated heterocycles. The van der Waals surface area contributed by atoms with Crippen LogP contribution >= 0.6 is 23.2 Å². The number of benzene rings is 3. The average molecular weight is 615 g/mol. The summed E-state index contributed by atoms with van der Waals surface area (Å²) < 4.78 is 66.3. The molecular formula is C25H25Cl2N3O7S2. The molecule has 208 valence electrons. The van der Waals surface area contributed by atoms with E-state index in [0.29, 0.717) is 5.02 Å². The molecule has 0 spiro atoms. The number of nitrogens with one attached hydrogen (secondary N) is 1. The van der Waals surface area contributed by atoms with Gasteiger partial charge in [-0.25, -0.2) is 16.8 Å². The van der Waals surface area contributed by atoms with E-state index in [0.717, 1.165) is 4.31 Å². The summed E-state index contributed by atoms with van der Waals surface area (Å²) in [5.74, 6) is -0.613. The van der Waals surface area contributed by atoms with Crippen molar-refractivity contribution in [2.24, 2.45) is 0 Å². The van der Waals surface area contributed by atoms with Crippen molar-refractivity contribution in [3.8, 4) is 5.75 Å². The Morgan fingerprint density at radius 2 is 1.67 bits per heavy atom. The van der Waals surface area contributed by atoms with Crippen LogP contribution in [0.5, 0.6) is 5.75 Å². The minimum Gasteiger partial charge on any atom is -0.495 e. The van der Waals surface area contributed by atoms with Crippen molar-refractivity contribution < 1.29 is 31.1 Å². The number of hydrogen-bond donors (Lipinski definition) is 1. The van der Waals surface area contributed by atoms with Gasteiger partial charge in [-0.2, -0.15) is 4.31 Å².